The third kappa shape index (κ3) is 9.94. The Kier molecular flexibility index (Phi) is 14.0. The van der Waals surface area contributed by atoms with Crippen LogP contribution in [-0.4, -0.2) is 24.9 Å². The van der Waals surface area contributed by atoms with Crippen molar-refractivity contribution in [2.45, 2.75) is 105 Å². The molecular weight excluding hydrogens is 462 g/mol. The highest BCUT2D eigenvalue weighted by molar-refractivity contribution is 5.89. The van der Waals surface area contributed by atoms with Gasteiger partial charge in [-0.15, -0.1) is 0 Å². The van der Waals surface area contributed by atoms with Crippen molar-refractivity contribution in [3.8, 4) is 17.2 Å². The molecule has 0 radical (unpaired) electrons. The molecule has 206 valence electrons. The Morgan fingerprint density at radius 1 is 0.892 bits per heavy atom. The molecule has 0 fully saturated rings. The van der Waals surface area contributed by atoms with E-state index < -0.39 is 0 Å². The topological polar surface area (TPSA) is 49.7 Å². The van der Waals surface area contributed by atoms with Gasteiger partial charge in [0, 0.05) is 18.0 Å². The number of aryl methyl sites for hydroxylation is 1. The van der Waals surface area contributed by atoms with E-state index in [1.54, 1.807) is 0 Å². The molecule has 0 aliphatic rings. The van der Waals surface area contributed by atoms with E-state index in [9.17, 15) is 4.79 Å². The van der Waals surface area contributed by atoms with E-state index in [2.05, 4.69) is 46.8 Å². The Balaban J connectivity index is 2.27. The highest BCUT2D eigenvalue weighted by Crippen LogP contribution is 2.35. The molecule has 5 nitrogen and oxygen atoms in total. The number of nitrogens with zero attached hydrogens (tertiary/aromatic N) is 1. The summed E-state index contributed by atoms with van der Waals surface area (Å²) in [6, 6.07) is 5.95. The zero-order chi connectivity index (χ0) is 27.0. The maximum Gasteiger partial charge on any atom is 0.297 e. The lowest BCUT2D eigenvalue weighted by atomic mass is 10.1. The molecule has 1 aromatic carbocycles. The van der Waals surface area contributed by atoms with Crippen LogP contribution in [0.2, 0.25) is 0 Å². The zero-order valence-electron chi connectivity index (χ0n) is 24.2. The fourth-order valence-electron chi connectivity index (χ4n) is 4.36. The average Bonchev–Trinajstić information content (AvgIpc) is 2.87. The molecule has 0 unspecified atom stereocenters. The largest absolute Gasteiger partial charge is 0.494 e. The van der Waals surface area contributed by atoms with Crippen molar-refractivity contribution >= 4 is 10.9 Å². The van der Waals surface area contributed by atoms with Gasteiger partial charge in [-0.05, 0) is 64.7 Å². The van der Waals surface area contributed by atoms with Crippen molar-refractivity contribution in [2.75, 3.05) is 20.3 Å². The average molecular weight is 512 g/mol. The van der Waals surface area contributed by atoms with Gasteiger partial charge in [0.05, 0.1) is 19.2 Å². The quantitative estimate of drug-likeness (QED) is 0.148. The predicted octanol–water partition coefficient (Wildman–Crippen LogP) is 8.62. The van der Waals surface area contributed by atoms with Gasteiger partial charge in [0.2, 0.25) is 5.75 Å². The SMILES string of the molecule is CCCCCCCCOc1ccc2c(OC/C=C(\C)CCC=C(C)C)c(OC)c(=O)n(CCCC)c2c1. The second kappa shape index (κ2) is 16.9. The van der Waals surface area contributed by atoms with Crippen molar-refractivity contribution in [1.29, 1.82) is 0 Å². The van der Waals surface area contributed by atoms with E-state index >= 15 is 0 Å². The van der Waals surface area contributed by atoms with Crippen molar-refractivity contribution in [2.24, 2.45) is 0 Å². The minimum absolute atomic E-state index is 0.157. The van der Waals surface area contributed by atoms with Crippen molar-refractivity contribution in [3.63, 3.8) is 0 Å². The Morgan fingerprint density at radius 3 is 2.32 bits per heavy atom. The van der Waals surface area contributed by atoms with Crippen LogP contribution in [0.3, 0.4) is 0 Å². The predicted molar refractivity (Wildman–Crippen MR) is 156 cm³/mol. The number of pyridine rings is 1. The molecule has 0 saturated heterocycles. The number of benzene rings is 1. The number of allylic oxidation sites excluding steroid dienone is 3. The summed E-state index contributed by atoms with van der Waals surface area (Å²) in [6.45, 7) is 12.4. The number of rotatable bonds is 18. The molecule has 0 N–H and O–H groups in total. The van der Waals surface area contributed by atoms with Crippen molar-refractivity contribution < 1.29 is 14.2 Å². The number of fused-ring (bicyclic) bond motifs is 1. The van der Waals surface area contributed by atoms with E-state index in [4.69, 9.17) is 14.2 Å². The molecule has 0 amide bonds. The van der Waals surface area contributed by atoms with Gasteiger partial charge in [0.1, 0.15) is 12.4 Å². The van der Waals surface area contributed by atoms with Crippen LogP contribution in [0.5, 0.6) is 17.2 Å². The molecule has 2 rings (SSSR count). The number of unbranched alkanes of at least 4 members (excludes halogenated alkanes) is 6. The third-order valence-corrected chi connectivity index (χ3v) is 6.61. The normalized spacial score (nSPS) is 11.6. The summed E-state index contributed by atoms with van der Waals surface area (Å²) in [6.07, 6.45) is 15.6. The van der Waals surface area contributed by atoms with Crippen LogP contribution in [0.15, 0.2) is 46.3 Å². The summed E-state index contributed by atoms with van der Waals surface area (Å²) >= 11 is 0. The molecule has 1 heterocycles. The number of methoxy groups -OCH3 is 1. The van der Waals surface area contributed by atoms with Crippen molar-refractivity contribution in [1.82, 2.24) is 4.57 Å². The van der Waals surface area contributed by atoms with Crippen LogP contribution in [-0.2, 0) is 6.54 Å². The van der Waals surface area contributed by atoms with Crippen LogP contribution >= 0.6 is 0 Å². The van der Waals surface area contributed by atoms with Crippen LogP contribution in [0.25, 0.3) is 10.9 Å². The molecule has 0 spiro atoms. The zero-order valence-corrected chi connectivity index (χ0v) is 24.2. The Labute approximate surface area is 224 Å². The second-order valence-electron chi connectivity index (χ2n) is 10.1. The number of hydrogen-bond donors (Lipinski definition) is 0. The van der Waals surface area contributed by atoms with Crippen LogP contribution in [0.4, 0.5) is 0 Å². The number of aromatic nitrogens is 1. The molecule has 0 bridgehead atoms. The molecular formula is C32H49NO4. The summed E-state index contributed by atoms with van der Waals surface area (Å²) in [4.78, 5) is 13.4. The summed E-state index contributed by atoms with van der Waals surface area (Å²) < 4.78 is 19.7. The van der Waals surface area contributed by atoms with E-state index in [1.807, 2.05) is 22.8 Å². The van der Waals surface area contributed by atoms with Crippen LogP contribution in [0.1, 0.15) is 98.8 Å². The minimum atomic E-state index is -0.157. The van der Waals surface area contributed by atoms with Gasteiger partial charge in [0.15, 0.2) is 5.75 Å². The Morgan fingerprint density at radius 2 is 1.62 bits per heavy atom. The van der Waals surface area contributed by atoms with E-state index in [0.29, 0.717) is 25.5 Å². The van der Waals surface area contributed by atoms with Gasteiger partial charge in [0.25, 0.3) is 5.56 Å². The smallest absolute Gasteiger partial charge is 0.297 e. The van der Waals surface area contributed by atoms with Crippen LogP contribution in [0, 0.1) is 0 Å². The molecule has 5 heteroatoms. The van der Waals surface area contributed by atoms with E-state index in [0.717, 1.165) is 48.8 Å². The lowest BCUT2D eigenvalue weighted by Crippen LogP contribution is -2.23. The van der Waals surface area contributed by atoms with Gasteiger partial charge in [-0.25, -0.2) is 0 Å². The summed E-state index contributed by atoms with van der Waals surface area (Å²) in [7, 11) is 1.54. The molecule has 1 aromatic heterocycles. The first-order chi connectivity index (χ1) is 17.9. The fraction of sp³-hybridized carbons (Fsp3) is 0.594. The lowest BCUT2D eigenvalue weighted by molar-refractivity contribution is 0.304. The monoisotopic (exact) mass is 511 g/mol. The maximum atomic E-state index is 13.4. The first-order valence-electron chi connectivity index (χ1n) is 14.2. The maximum absolute atomic E-state index is 13.4. The summed E-state index contributed by atoms with van der Waals surface area (Å²) in [5.41, 5.74) is 3.27. The van der Waals surface area contributed by atoms with Gasteiger partial charge >= 0.3 is 0 Å². The molecule has 37 heavy (non-hydrogen) atoms. The fourth-order valence-corrected chi connectivity index (χ4v) is 4.36. The molecule has 2 aromatic rings. The number of ether oxygens (including phenoxy) is 3. The number of hydrogen-bond acceptors (Lipinski definition) is 4. The highest BCUT2D eigenvalue weighted by Gasteiger charge is 2.19. The van der Waals surface area contributed by atoms with Gasteiger partial charge < -0.3 is 18.8 Å². The van der Waals surface area contributed by atoms with Gasteiger partial charge in [-0.3, -0.25) is 4.79 Å². The van der Waals surface area contributed by atoms with E-state index in [1.165, 1.54) is 50.4 Å². The molecule has 0 aliphatic carbocycles. The summed E-state index contributed by atoms with van der Waals surface area (Å²) in [5, 5.41) is 0.870. The molecule has 0 aliphatic heterocycles. The Bertz CT molecular complexity index is 1080. The second-order valence-corrected chi connectivity index (χ2v) is 10.1. The first-order valence-corrected chi connectivity index (χ1v) is 14.2. The first kappa shape index (κ1) is 30.5. The Hall–Kier alpha value is -2.69. The standard InChI is InChI=1S/C32H49NO4/c1-7-9-11-12-13-14-22-36-27-18-19-28-29(24-27)33(21-10-8-2)32(34)31(35-6)30(28)37-23-20-26(5)17-15-16-25(3)4/h16,18-20,24H,7-15,17,21-23H2,1-6H3/b26-20+. The molecule has 0 atom stereocenters. The third-order valence-electron chi connectivity index (χ3n) is 6.61. The van der Waals surface area contributed by atoms with Crippen molar-refractivity contribution in [3.05, 3.63) is 51.9 Å². The minimum Gasteiger partial charge on any atom is -0.494 e. The van der Waals surface area contributed by atoms with E-state index in [-0.39, 0.29) is 11.3 Å². The summed E-state index contributed by atoms with van der Waals surface area (Å²) in [5.74, 6) is 1.56. The van der Waals surface area contributed by atoms with Gasteiger partial charge in [-0.1, -0.05) is 69.6 Å². The molecule has 0 saturated carbocycles. The van der Waals surface area contributed by atoms with Crippen LogP contribution < -0.4 is 19.8 Å². The lowest BCUT2D eigenvalue weighted by Gasteiger charge is -2.18. The van der Waals surface area contributed by atoms with Gasteiger partial charge in [-0.2, -0.15) is 0 Å². The highest BCUT2D eigenvalue weighted by atomic mass is 16.5.